The van der Waals surface area contributed by atoms with Crippen molar-refractivity contribution in [3.63, 3.8) is 0 Å². The summed E-state index contributed by atoms with van der Waals surface area (Å²) in [5, 5.41) is 4.14. The van der Waals surface area contributed by atoms with Crippen molar-refractivity contribution in [2.24, 2.45) is 0 Å². The molecular formula is C17H26Cl3N3O. The van der Waals surface area contributed by atoms with Crippen LogP contribution in [0.2, 0.25) is 5.02 Å². The summed E-state index contributed by atoms with van der Waals surface area (Å²) in [4.78, 5) is 16.9. The summed E-state index contributed by atoms with van der Waals surface area (Å²) in [5.74, 6) is 0.294. The first-order valence-corrected chi connectivity index (χ1v) is 8.59. The normalized spacial score (nSPS) is 21.5. The van der Waals surface area contributed by atoms with Gasteiger partial charge in [0, 0.05) is 37.7 Å². The number of nitrogens with one attached hydrogen (secondary N) is 1. The second-order valence-corrected chi connectivity index (χ2v) is 6.67. The van der Waals surface area contributed by atoms with Gasteiger partial charge < -0.3 is 10.2 Å². The van der Waals surface area contributed by atoms with Crippen LogP contribution in [0.5, 0.6) is 0 Å². The number of piperidine rings is 1. The average molecular weight is 395 g/mol. The number of hydrogen-bond donors (Lipinski definition) is 1. The third-order valence-electron chi connectivity index (χ3n) is 4.59. The van der Waals surface area contributed by atoms with Gasteiger partial charge in [0.2, 0.25) is 5.91 Å². The van der Waals surface area contributed by atoms with E-state index in [0.29, 0.717) is 5.91 Å². The SMILES string of the molecule is Cl.Cl.O=C(C1CCCCN1)N1CCN(Cc2cccc(Cl)c2)CC1. The first kappa shape index (κ1) is 21.5. The van der Waals surface area contributed by atoms with Gasteiger partial charge in [-0.25, -0.2) is 0 Å². The van der Waals surface area contributed by atoms with Crippen molar-refractivity contribution in [2.45, 2.75) is 31.8 Å². The van der Waals surface area contributed by atoms with Crippen LogP contribution in [0.4, 0.5) is 0 Å². The van der Waals surface area contributed by atoms with Crippen molar-refractivity contribution in [2.75, 3.05) is 32.7 Å². The Morgan fingerprint density at radius 2 is 1.92 bits per heavy atom. The maximum atomic E-state index is 12.5. The molecule has 1 aromatic carbocycles. The van der Waals surface area contributed by atoms with E-state index in [0.717, 1.165) is 57.1 Å². The molecule has 0 aromatic heterocycles. The molecule has 136 valence electrons. The van der Waals surface area contributed by atoms with Gasteiger partial charge in [0.25, 0.3) is 0 Å². The van der Waals surface area contributed by atoms with Crippen molar-refractivity contribution in [1.82, 2.24) is 15.1 Å². The Morgan fingerprint density at radius 3 is 2.54 bits per heavy atom. The van der Waals surface area contributed by atoms with E-state index in [4.69, 9.17) is 11.6 Å². The largest absolute Gasteiger partial charge is 0.339 e. The lowest BCUT2D eigenvalue weighted by Crippen LogP contribution is -2.54. The van der Waals surface area contributed by atoms with Crippen LogP contribution in [0.25, 0.3) is 0 Å². The van der Waals surface area contributed by atoms with Crippen LogP contribution < -0.4 is 5.32 Å². The molecule has 1 N–H and O–H groups in total. The third kappa shape index (κ3) is 5.78. The molecule has 0 radical (unpaired) electrons. The average Bonchev–Trinajstić information content (AvgIpc) is 2.56. The number of piperazine rings is 1. The fourth-order valence-corrected chi connectivity index (χ4v) is 3.52. The predicted octanol–water partition coefficient (Wildman–Crippen LogP) is 2.97. The Kier molecular flexibility index (Phi) is 9.39. The standard InChI is InChI=1S/C17H24ClN3O.2ClH/c18-15-5-3-4-14(12-15)13-20-8-10-21(11-9-20)17(22)16-6-1-2-7-19-16;;/h3-5,12,16,19H,1-2,6-11,13H2;2*1H. The molecule has 3 rings (SSSR count). The minimum Gasteiger partial charge on any atom is -0.339 e. The topological polar surface area (TPSA) is 35.6 Å². The molecule has 1 aromatic rings. The van der Waals surface area contributed by atoms with Gasteiger partial charge in [-0.05, 0) is 37.1 Å². The van der Waals surface area contributed by atoms with E-state index in [9.17, 15) is 4.79 Å². The van der Waals surface area contributed by atoms with Gasteiger partial charge >= 0.3 is 0 Å². The molecule has 0 aliphatic carbocycles. The fourth-order valence-electron chi connectivity index (χ4n) is 3.30. The predicted molar refractivity (Wildman–Crippen MR) is 103 cm³/mol. The monoisotopic (exact) mass is 393 g/mol. The van der Waals surface area contributed by atoms with Gasteiger partial charge in [-0.3, -0.25) is 9.69 Å². The summed E-state index contributed by atoms with van der Waals surface area (Å²) < 4.78 is 0. The highest BCUT2D eigenvalue weighted by Crippen LogP contribution is 2.15. The van der Waals surface area contributed by atoms with Crippen LogP contribution in [0.15, 0.2) is 24.3 Å². The number of carbonyl (C=O) groups excluding carboxylic acids is 1. The van der Waals surface area contributed by atoms with E-state index in [1.165, 1.54) is 12.0 Å². The number of halogens is 3. The highest BCUT2D eigenvalue weighted by Gasteiger charge is 2.28. The molecule has 2 aliphatic rings. The van der Waals surface area contributed by atoms with Crippen LogP contribution in [-0.4, -0.2) is 54.5 Å². The molecule has 2 aliphatic heterocycles. The minimum atomic E-state index is 0. The van der Waals surface area contributed by atoms with Crippen LogP contribution in [0, 0.1) is 0 Å². The molecule has 0 spiro atoms. The molecule has 7 heteroatoms. The zero-order valence-corrected chi connectivity index (χ0v) is 16.1. The molecule has 2 heterocycles. The summed E-state index contributed by atoms with van der Waals surface area (Å²) in [6.07, 6.45) is 3.34. The van der Waals surface area contributed by atoms with Gasteiger partial charge in [0.05, 0.1) is 6.04 Å². The van der Waals surface area contributed by atoms with Gasteiger partial charge in [-0.15, -0.1) is 24.8 Å². The highest BCUT2D eigenvalue weighted by atomic mass is 35.5. The molecule has 1 unspecified atom stereocenters. The van der Waals surface area contributed by atoms with Crippen LogP contribution in [0.1, 0.15) is 24.8 Å². The molecule has 0 saturated carbocycles. The summed E-state index contributed by atoms with van der Waals surface area (Å²) in [7, 11) is 0. The molecule has 2 fully saturated rings. The number of nitrogens with zero attached hydrogens (tertiary/aromatic N) is 2. The van der Waals surface area contributed by atoms with Gasteiger partial charge in [0.15, 0.2) is 0 Å². The van der Waals surface area contributed by atoms with E-state index in [-0.39, 0.29) is 30.9 Å². The maximum absolute atomic E-state index is 12.5. The molecular weight excluding hydrogens is 369 g/mol. The van der Waals surface area contributed by atoms with E-state index in [1.807, 2.05) is 23.1 Å². The molecule has 1 atom stereocenters. The van der Waals surface area contributed by atoms with Gasteiger partial charge in [0.1, 0.15) is 0 Å². The van der Waals surface area contributed by atoms with Crippen molar-refractivity contribution < 1.29 is 4.79 Å². The minimum absolute atomic E-state index is 0. The molecule has 2 saturated heterocycles. The Hall–Kier alpha value is -0.520. The lowest BCUT2D eigenvalue weighted by molar-refractivity contribution is -0.135. The third-order valence-corrected chi connectivity index (χ3v) is 4.82. The lowest BCUT2D eigenvalue weighted by atomic mass is 10.0. The number of carbonyl (C=O) groups is 1. The summed E-state index contributed by atoms with van der Waals surface area (Å²) >= 11 is 6.03. The summed E-state index contributed by atoms with van der Waals surface area (Å²) in [5.41, 5.74) is 1.24. The van der Waals surface area contributed by atoms with Crippen molar-refractivity contribution in [3.05, 3.63) is 34.9 Å². The van der Waals surface area contributed by atoms with Gasteiger partial charge in [-0.2, -0.15) is 0 Å². The van der Waals surface area contributed by atoms with Crippen molar-refractivity contribution in [3.8, 4) is 0 Å². The number of amides is 1. The van der Waals surface area contributed by atoms with Crippen LogP contribution >= 0.6 is 36.4 Å². The second kappa shape index (κ2) is 10.5. The van der Waals surface area contributed by atoms with E-state index >= 15 is 0 Å². The van der Waals surface area contributed by atoms with E-state index < -0.39 is 0 Å². The fraction of sp³-hybridized carbons (Fsp3) is 0.588. The lowest BCUT2D eigenvalue weighted by Gasteiger charge is -2.37. The van der Waals surface area contributed by atoms with E-state index in [1.54, 1.807) is 0 Å². The summed E-state index contributed by atoms with van der Waals surface area (Å²) in [6.45, 7) is 5.42. The first-order valence-electron chi connectivity index (χ1n) is 8.21. The Morgan fingerprint density at radius 1 is 1.17 bits per heavy atom. The van der Waals surface area contributed by atoms with Crippen LogP contribution in [0.3, 0.4) is 0 Å². The molecule has 24 heavy (non-hydrogen) atoms. The smallest absolute Gasteiger partial charge is 0.239 e. The maximum Gasteiger partial charge on any atom is 0.239 e. The first-order chi connectivity index (χ1) is 10.7. The summed E-state index contributed by atoms with van der Waals surface area (Å²) in [6, 6.07) is 8.07. The quantitative estimate of drug-likeness (QED) is 0.856. The van der Waals surface area contributed by atoms with Gasteiger partial charge in [-0.1, -0.05) is 30.2 Å². The number of benzene rings is 1. The Bertz CT molecular complexity index is 516. The highest BCUT2D eigenvalue weighted by molar-refractivity contribution is 6.30. The second-order valence-electron chi connectivity index (χ2n) is 6.23. The van der Waals surface area contributed by atoms with Crippen LogP contribution in [-0.2, 0) is 11.3 Å². The van der Waals surface area contributed by atoms with Crippen molar-refractivity contribution >= 4 is 42.3 Å². The molecule has 1 amide bonds. The number of rotatable bonds is 3. The molecule has 4 nitrogen and oxygen atoms in total. The molecule has 0 bridgehead atoms. The zero-order valence-electron chi connectivity index (χ0n) is 13.7. The van der Waals surface area contributed by atoms with Crippen molar-refractivity contribution in [1.29, 1.82) is 0 Å². The number of hydrogen-bond acceptors (Lipinski definition) is 3. The Balaban J connectivity index is 0.00000144. The van der Waals surface area contributed by atoms with E-state index in [2.05, 4.69) is 16.3 Å². The Labute approximate surface area is 161 Å². The zero-order chi connectivity index (χ0) is 15.4.